The van der Waals surface area contributed by atoms with Crippen molar-refractivity contribution in [1.29, 1.82) is 5.26 Å². The number of sulfonamides is 1. The zero-order valence-corrected chi connectivity index (χ0v) is 22.1. The van der Waals surface area contributed by atoms with Crippen LogP contribution in [0.15, 0.2) is 47.4 Å². The Hall–Kier alpha value is -4.31. The molecule has 2 aliphatic heterocycles. The number of carbonyl (C=O) groups is 3. The van der Waals surface area contributed by atoms with E-state index >= 15 is 0 Å². The number of fused-ring (bicyclic) bond motifs is 3. The molecule has 2 bridgehead atoms. The van der Waals surface area contributed by atoms with Crippen molar-refractivity contribution in [3.63, 3.8) is 0 Å². The van der Waals surface area contributed by atoms with Gasteiger partial charge in [-0.25, -0.2) is 22.9 Å². The summed E-state index contributed by atoms with van der Waals surface area (Å²) < 4.78 is 39.8. The van der Waals surface area contributed by atoms with E-state index in [2.05, 4.69) is 0 Å². The fraction of sp³-hybridized carbons (Fsp3) is 0.407. The highest BCUT2D eigenvalue weighted by Crippen LogP contribution is 2.48. The van der Waals surface area contributed by atoms with E-state index in [-0.39, 0.29) is 46.9 Å². The topological polar surface area (TPSA) is 158 Å². The number of nitrogens with zero attached hydrogens (tertiary/aromatic N) is 4. The molecule has 1 saturated heterocycles. The molecular weight excluding hydrogens is 540 g/mol. The lowest BCUT2D eigenvalue weighted by molar-refractivity contribution is -0.126. The lowest BCUT2D eigenvalue weighted by Gasteiger charge is -2.38. The molecule has 4 aliphatic rings. The number of cyclic esters (lactones) is 1. The standard InChI is InChI=1S/C27H26N4O8S/c28-12-17-2-1-3-21(9-17)40(36,37)30-14-20(13-29-25(32)15-38-27(29)35)39-24-7-6-19(11-23(24)30)31(26(33)34)22-10-16-4-5-18(22)8-16/h1-3,6-7,9,11,16,18,20,22H,4-5,8,10,13-15H2,(H,33,34)/t16?,18?,20-,22?/m0/s1. The highest BCUT2D eigenvalue weighted by atomic mass is 32.2. The van der Waals surface area contributed by atoms with Crippen LogP contribution < -0.4 is 13.9 Å². The molecule has 6 rings (SSSR count). The summed E-state index contributed by atoms with van der Waals surface area (Å²) in [7, 11) is -4.28. The van der Waals surface area contributed by atoms with Gasteiger partial charge in [-0.1, -0.05) is 12.5 Å². The molecule has 3 unspecified atom stereocenters. The molecule has 3 fully saturated rings. The number of nitriles is 1. The van der Waals surface area contributed by atoms with E-state index in [9.17, 15) is 33.2 Å². The third-order valence-electron chi connectivity index (χ3n) is 8.17. The number of ether oxygens (including phenoxy) is 2. The van der Waals surface area contributed by atoms with Crippen LogP contribution in [0.3, 0.4) is 0 Å². The number of anilines is 2. The molecule has 0 spiro atoms. The van der Waals surface area contributed by atoms with Gasteiger partial charge in [0.1, 0.15) is 11.9 Å². The molecule has 13 heteroatoms. The van der Waals surface area contributed by atoms with Crippen LogP contribution >= 0.6 is 0 Å². The van der Waals surface area contributed by atoms with Crippen LogP contribution in [0.5, 0.6) is 5.75 Å². The number of amides is 3. The second-order valence-electron chi connectivity index (χ2n) is 10.5. The largest absolute Gasteiger partial charge is 0.484 e. The van der Waals surface area contributed by atoms with Crippen LogP contribution in [-0.4, -0.2) is 68.4 Å². The summed E-state index contributed by atoms with van der Waals surface area (Å²) in [5, 5.41) is 19.5. The van der Waals surface area contributed by atoms with Crippen molar-refractivity contribution in [1.82, 2.24) is 4.90 Å². The van der Waals surface area contributed by atoms with Gasteiger partial charge in [0.05, 0.1) is 35.3 Å². The van der Waals surface area contributed by atoms with Crippen molar-refractivity contribution in [2.24, 2.45) is 11.8 Å². The Balaban J connectivity index is 1.40. The summed E-state index contributed by atoms with van der Waals surface area (Å²) in [5.74, 6) is 0.332. The number of carbonyl (C=O) groups excluding carboxylic acids is 2. The van der Waals surface area contributed by atoms with E-state index in [1.807, 2.05) is 6.07 Å². The Morgan fingerprint density at radius 2 is 1.98 bits per heavy atom. The zero-order valence-electron chi connectivity index (χ0n) is 21.3. The highest BCUT2D eigenvalue weighted by Gasteiger charge is 2.45. The minimum absolute atomic E-state index is 0.126. The van der Waals surface area contributed by atoms with Gasteiger partial charge in [0.25, 0.3) is 15.9 Å². The van der Waals surface area contributed by atoms with E-state index in [4.69, 9.17) is 9.47 Å². The van der Waals surface area contributed by atoms with Gasteiger partial charge in [0.2, 0.25) is 0 Å². The number of imide groups is 1. The lowest BCUT2D eigenvalue weighted by atomic mass is 9.93. The highest BCUT2D eigenvalue weighted by molar-refractivity contribution is 7.92. The molecule has 2 heterocycles. The van der Waals surface area contributed by atoms with Gasteiger partial charge in [0.15, 0.2) is 6.61 Å². The number of rotatable bonds is 6. The molecule has 2 aliphatic carbocycles. The summed E-state index contributed by atoms with van der Waals surface area (Å²) >= 11 is 0. The molecule has 2 aromatic carbocycles. The second-order valence-corrected chi connectivity index (χ2v) is 12.4. The third-order valence-corrected chi connectivity index (χ3v) is 9.94. The lowest BCUT2D eigenvalue weighted by Crippen LogP contribution is -2.49. The first-order valence-electron chi connectivity index (χ1n) is 13.0. The summed E-state index contributed by atoms with van der Waals surface area (Å²) in [6, 6.07) is 11.9. The van der Waals surface area contributed by atoms with E-state index in [0.29, 0.717) is 11.6 Å². The quantitative estimate of drug-likeness (QED) is 0.554. The fourth-order valence-electron chi connectivity index (χ4n) is 6.36. The molecule has 208 valence electrons. The van der Waals surface area contributed by atoms with Crippen LogP contribution in [-0.2, 0) is 19.6 Å². The Morgan fingerprint density at radius 3 is 2.62 bits per heavy atom. The minimum atomic E-state index is -4.28. The Morgan fingerprint density at radius 1 is 1.15 bits per heavy atom. The Bertz CT molecular complexity index is 1540. The summed E-state index contributed by atoms with van der Waals surface area (Å²) in [6.07, 6.45) is 0.913. The zero-order chi connectivity index (χ0) is 28.2. The maximum absolute atomic E-state index is 14.0. The van der Waals surface area contributed by atoms with Gasteiger partial charge in [0, 0.05) is 11.7 Å². The molecule has 3 amide bonds. The molecular formula is C27H26N4O8S. The Kier molecular flexibility index (Phi) is 6.29. The van der Waals surface area contributed by atoms with Crippen molar-refractivity contribution in [3.05, 3.63) is 48.0 Å². The van der Waals surface area contributed by atoms with Gasteiger partial charge in [-0.15, -0.1) is 0 Å². The van der Waals surface area contributed by atoms with Gasteiger partial charge in [-0.2, -0.15) is 5.26 Å². The molecule has 1 N–H and O–H groups in total. The van der Waals surface area contributed by atoms with Crippen molar-refractivity contribution >= 4 is 39.5 Å². The van der Waals surface area contributed by atoms with Crippen molar-refractivity contribution in [3.8, 4) is 11.8 Å². The molecule has 4 atom stereocenters. The number of carboxylic acid groups (broad SMARTS) is 1. The first-order chi connectivity index (χ1) is 19.2. The van der Waals surface area contributed by atoms with Crippen LogP contribution in [0, 0.1) is 23.2 Å². The predicted octanol–water partition coefficient (Wildman–Crippen LogP) is 3.17. The average molecular weight is 567 g/mol. The molecule has 0 aromatic heterocycles. The van der Waals surface area contributed by atoms with Crippen LogP contribution in [0.1, 0.15) is 31.2 Å². The molecule has 12 nitrogen and oxygen atoms in total. The normalized spacial score (nSPS) is 25.3. The van der Waals surface area contributed by atoms with Gasteiger partial charge >= 0.3 is 12.2 Å². The molecule has 40 heavy (non-hydrogen) atoms. The van der Waals surface area contributed by atoms with E-state index < -0.39 is 40.8 Å². The van der Waals surface area contributed by atoms with Gasteiger partial charge < -0.3 is 14.6 Å². The minimum Gasteiger partial charge on any atom is -0.484 e. The van der Waals surface area contributed by atoms with E-state index in [0.717, 1.165) is 34.9 Å². The molecule has 0 radical (unpaired) electrons. The van der Waals surface area contributed by atoms with Gasteiger partial charge in [-0.05, 0) is 67.5 Å². The van der Waals surface area contributed by atoms with E-state index in [1.165, 1.54) is 41.3 Å². The SMILES string of the molecule is N#Cc1cccc(S(=O)(=O)N2C[C@H](CN3C(=O)COC3=O)Oc3ccc(N(C(=O)O)C4CC5CCC4C5)cc32)c1. The van der Waals surface area contributed by atoms with Crippen LogP contribution in [0.2, 0.25) is 0 Å². The number of hydrogen-bond acceptors (Lipinski definition) is 8. The third kappa shape index (κ3) is 4.38. The van der Waals surface area contributed by atoms with Crippen molar-refractivity contribution in [2.75, 3.05) is 28.9 Å². The fourth-order valence-corrected chi connectivity index (χ4v) is 7.90. The summed E-state index contributed by atoms with van der Waals surface area (Å²) in [5.41, 5.74) is 0.606. The first kappa shape index (κ1) is 25.9. The second kappa shape index (κ2) is 9.71. The van der Waals surface area contributed by atoms with Crippen LogP contribution in [0.25, 0.3) is 0 Å². The number of hydrogen-bond donors (Lipinski definition) is 1. The maximum Gasteiger partial charge on any atom is 0.417 e. The smallest absolute Gasteiger partial charge is 0.417 e. The Labute approximate surface area is 230 Å². The summed E-state index contributed by atoms with van der Waals surface area (Å²) in [4.78, 5) is 38.7. The van der Waals surface area contributed by atoms with Crippen molar-refractivity contribution in [2.45, 2.75) is 42.7 Å². The summed E-state index contributed by atoms with van der Waals surface area (Å²) in [6.45, 7) is -0.911. The van der Waals surface area contributed by atoms with Crippen LogP contribution in [0.4, 0.5) is 21.0 Å². The first-order valence-corrected chi connectivity index (χ1v) is 14.4. The molecule has 2 saturated carbocycles. The maximum atomic E-state index is 14.0. The average Bonchev–Trinajstić information content (AvgIpc) is 3.65. The van der Waals surface area contributed by atoms with E-state index in [1.54, 1.807) is 6.07 Å². The predicted molar refractivity (Wildman–Crippen MR) is 139 cm³/mol. The van der Waals surface area contributed by atoms with Crippen molar-refractivity contribution < 1.29 is 37.4 Å². The molecule has 2 aromatic rings. The number of benzene rings is 2. The van der Waals surface area contributed by atoms with Gasteiger partial charge in [-0.3, -0.25) is 14.0 Å². The monoisotopic (exact) mass is 566 g/mol.